The molecular weight excluding hydrogens is 556 g/mol. The first-order valence-corrected chi connectivity index (χ1v) is 13.5. The number of nitrogens with zero attached hydrogens (tertiary/aromatic N) is 3. The Bertz CT molecular complexity index is 1580. The zero-order chi connectivity index (χ0) is 28.4. The van der Waals surface area contributed by atoms with Gasteiger partial charge in [-0.25, -0.2) is 0 Å². The predicted molar refractivity (Wildman–Crippen MR) is 156 cm³/mol. The van der Waals surface area contributed by atoms with Crippen LogP contribution in [0, 0.1) is 10.1 Å². The van der Waals surface area contributed by atoms with Gasteiger partial charge in [0.1, 0.15) is 21.1 Å². The molecule has 0 bridgehead atoms. The fourth-order valence-corrected chi connectivity index (χ4v) is 6.08. The van der Waals surface area contributed by atoms with E-state index in [4.69, 9.17) is 21.1 Å². The van der Waals surface area contributed by atoms with Gasteiger partial charge in [0, 0.05) is 60.6 Å². The third-order valence-corrected chi connectivity index (χ3v) is 8.42. The summed E-state index contributed by atoms with van der Waals surface area (Å²) in [5, 5.41) is 14.9. The second-order valence-electron chi connectivity index (χ2n) is 9.04. The normalized spacial score (nSPS) is 13.3. The van der Waals surface area contributed by atoms with E-state index < -0.39 is 10.8 Å². The molecule has 1 saturated heterocycles. The number of benzene rings is 3. The number of nitro groups is 1. The van der Waals surface area contributed by atoms with Gasteiger partial charge in [-0.15, -0.1) is 11.3 Å². The van der Waals surface area contributed by atoms with Crippen LogP contribution in [0.15, 0.2) is 60.7 Å². The highest BCUT2D eigenvalue weighted by Crippen LogP contribution is 2.40. The lowest BCUT2D eigenvalue weighted by atomic mass is 10.1. The van der Waals surface area contributed by atoms with Gasteiger partial charge in [-0.3, -0.25) is 19.7 Å². The number of carbonyl (C=O) groups is 2. The van der Waals surface area contributed by atoms with Crippen LogP contribution in [0.25, 0.3) is 10.1 Å². The van der Waals surface area contributed by atoms with Gasteiger partial charge in [0.05, 0.1) is 24.2 Å². The van der Waals surface area contributed by atoms with Crippen LogP contribution in [-0.4, -0.2) is 62.0 Å². The van der Waals surface area contributed by atoms with Gasteiger partial charge < -0.3 is 24.6 Å². The first-order chi connectivity index (χ1) is 19.3. The maximum atomic E-state index is 13.1. The molecule has 0 aliphatic carbocycles. The molecule has 0 unspecified atom stereocenters. The van der Waals surface area contributed by atoms with Crippen molar-refractivity contribution in [1.82, 2.24) is 4.90 Å². The van der Waals surface area contributed by atoms with E-state index in [0.717, 1.165) is 17.0 Å². The van der Waals surface area contributed by atoms with Crippen molar-refractivity contribution in [3.8, 4) is 11.5 Å². The lowest BCUT2D eigenvalue weighted by molar-refractivity contribution is -0.382. The van der Waals surface area contributed by atoms with Gasteiger partial charge in [-0.1, -0.05) is 23.7 Å². The standard InChI is InChI=1S/C28H25ClN4O6S/c1-38-20-14-17(15-21(16-20)39-2)28(35)32-12-10-31(11-13-32)19-8-6-18(7-9-19)30-27(34)26-24(29)22-4-3-5-23(33(36)37)25(22)40-26/h3-9,14-16H,10-13H2,1-2H3,(H,30,34). The number of non-ortho nitro benzene ring substituents is 1. The average Bonchev–Trinajstić information content (AvgIpc) is 3.33. The number of thiophene rings is 1. The van der Waals surface area contributed by atoms with Crippen LogP contribution in [0.5, 0.6) is 11.5 Å². The third kappa shape index (κ3) is 5.38. The number of ether oxygens (including phenoxy) is 2. The minimum Gasteiger partial charge on any atom is -0.497 e. The molecule has 1 aliphatic heterocycles. The molecule has 0 spiro atoms. The van der Waals surface area contributed by atoms with E-state index in [0.29, 0.717) is 59.0 Å². The van der Waals surface area contributed by atoms with Gasteiger partial charge in [-0.05, 0) is 36.4 Å². The summed E-state index contributed by atoms with van der Waals surface area (Å²) in [7, 11) is 3.09. The molecule has 4 aromatic rings. The molecule has 1 aliphatic rings. The second-order valence-corrected chi connectivity index (χ2v) is 10.4. The highest BCUT2D eigenvalue weighted by Gasteiger charge is 2.25. The van der Waals surface area contributed by atoms with E-state index in [1.165, 1.54) is 6.07 Å². The molecule has 3 aromatic carbocycles. The Hall–Kier alpha value is -4.35. The maximum absolute atomic E-state index is 13.1. The summed E-state index contributed by atoms with van der Waals surface area (Å²) in [6.07, 6.45) is 0. The highest BCUT2D eigenvalue weighted by atomic mass is 35.5. The predicted octanol–water partition coefficient (Wildman–Crippen LogP) is 5.69. The first kappa shape index (κ1) is 27.2. The molecule has 0 radical (unpaired) electrons. The molecule has 2 amide bonds. The zero-order valence-electron chi connectivity index (χ0n) is 21.7. The molecular formula is C28H25ClN4O6S. The first-order valence-electron chi connectivity index (χ1n) is 12.3. The van der Waals surface area contributed by atoms with Gasteiger partial charge in [0.15, 0.2) is 0 Å². The molecule has 206 valence electrons. The Morgan fingerprint density at radius 1 is 0.975 bits per heavy atom. The van der Waals surface area contributed by atoms with Crippen molar-refractivity contribution in [2.45, 2.75) is 0 Å². The van der Waals surface area contributed by atoms with Gasteiger partial charge in [-0.2, -0.15) is 0 Å². The lowest BCUT2D eigenvalue weighted by Crippen LogP contribution is -2.48. The van der Waals surface area contributed by atoms with Gasteiger partial charge >= 0.3 is 0 Å². The maximum Gasteiger partial charge on any atom is 0.287 e. The SMILES string of the molecule is COc1cc(OC)cc(C(=O)N2CCN(c3ccc(NC(=O)c4sc5c([N+](=O)[O-])cccc5c4Cl)cc3)CC2)c1. The fraction of sp³-hybridized carbons (Fsp3) is 0.214. The summed E-state index contributed by atoms with van der Waals surface area (Å²) in [5.74, 6) is 0.601. The molecule has 0 atom stereocenters. The Balaban J connectivity index is 1.22. The number of amides is 2. The van der Waals surface area contributed by atoms with E-state index >= 15 is 0 Å². The number of rotatable bonds is 7. The van der Waals surface area contributed by atoms with Crippen molar-refractivity contribution in [2.75, 3.05) is 50.6 Å². The number of hydrogen-bond acceptors (Lipinski definition) is 8. The number of halogens is 1. The number of piperazine rings is 1. The number of carbonyl (C=O) groups excluding carboxylic acids is 2. The molecule has 1 fully saturated rings. The highest BCUT2D eigenvalue weighted by molar-refractivity contribution is 7.22. The molecule has 1 N–H and O–H groups in total. The summed E-state index contributed by atoms with van der Waals surface area (Å²) in [6.45, 7) is 2.39. The zero-order valence-corrected chi connectivity index (χ0v) is 23.3. The van der Waals surface area contributed by atoms with Crippen molar-refractivity contribution in [2.24, 2.45) is 0 Å². The quantitative estimate of drug-likeness (QED) is 0.220. The molecule has 1 aromatic heterocycles. The van der Waals surface area contributed by atoms with Crippen molar-refractivity contribution < 1.29 is 24.0 Å². The Morgan fingerprint density at radius 3 is 2.23 bits per heavy atom. The molecule has 5 rings (SSSR count). The molecule has 40 heavy (non-hydrogen) atoms. The molecule has 2 heterocycles. The fourth-order valence-electron chi connectivity index (χ4n) is 4.59. The number of anilines is 2. The summed E-state index contributed by atoms with van der Waals surface area (Å²) in [4.78, 5) is 41.1. The van der Waals surface area contributed by atoms with Crippen LogP contribution >= 0.6 is 22.9 Å². The van der Waals surface area contributed by atoms with Gasteiger partial charge in [0.25, 0.3) is 17.5 Å². The van der Waals surface area contributed by atoms with Crippen molar-refractivity contribution in [3.63, 3.8) is 0 Å². The Morgan fingerprint density at radius 2 is 1.62 bits per heavy atom. The summed E-state index contributed by atoms with van der Waals surface area (Å²) in [6, 6.07) is 17.1. The topological polar surface area (TPSA) is 114 Å². The van der Waals surface area contributed by atoms with Crippen LogP contribution < -0.4 is 19.7 Å². The van der Waals surface area contributed by atoms with Crippen molar-refractivity contribution >= 4 is 61.9 Å². The minimum atomic E-state index is -0.485. The number of nitrogens with one attached hydrogen (secondary N) is 1. The monoisotopic (exact) mass is 580 g/mol. The summed E-state index contributed by atoms with van der Waals surface area (Å²) in [5.41, 5.74) is 1.96. The van der Waals surface area contributed by atoms with Crippen molar-refractivity contribution in [1.29, 1.82) is 0 Å². The van der Waals surface area contributed by atoms with Crippen LogP contribution in [0.3, 0.4) is 0 Å². The van der Waals surface area contributed by atoms with E-state index in [2.05, 4.69) is 10.2 Å². The molecule has 12 heteroatoms. The van der Waals surface area contributed by atoms with Crippen LogP contribution in [0.2, 0.25) is 5.02 Å². The Kier molecular flexibility index (Phi) is 7.76. The summed E-state index contributed by atoms with van der Waals surface area (Å²) >= 11 is 7.40. The van der Waals surface area contributed by atoms with E-state index in [-0.39, 0.29) is 21.5 Å². The van der Waals surface area contributed by atoms with Crippen molar-refractivity contribution in [3.05, 3.63) is 86.2 Å². The summed E-state index contributed by atoms with van der Waals surface area (Å²) < 4.78 is 10.9. The minimum absolute atomic E-state index is 0.0832. The number of fused-ring (bicyclic) bond motifs is 1. The second kappa shape index (κ2) is 11.4. The number of nitro benzene ring substituents is 1. The molecule has 10 nitrogen and oxygen atoms in total. The number of hydrogen-bond donors (Lipinski definition) is 1. The van der Waals surface area contributed by atoms with E-state index in [1.807, 2.05) is 12.1 Å². The lowest BCUT2D eigenvalue weighted by Gasteiger charge is -2.36. The van der Waals surface area contributed by atoms with Crippen LogP contribution in [-0.2, 0) is 0 Å². The molecule has 0 saturated carbocycles. The third-order valence-electron chi connectivity index (χ3n) is 6.69. The number of methoxy groups -OCH3 is 2. The Labute approximate surface area is 238 Å². The average molecular weight is 581 g/mol. The van der Waals surface area contributed by atoms with E-state index in [9.17, 15) is 19.7 Å². The van der Waals surface area contributed by atoms with E-state index in [1.54, 1.807) is 61.6 Å². The van der Waals surface area contributed by atoms with Gasteiger partial charge in [0.2, 0.25) is 0 Å². The largest absolute Gasteiger partial charge is 0.497 e. The van der Waals surface area contributed by atoms with Crippen LogP contribution in [0.1, 0.15) is 20.0 Å². The smallest absolute Gasteiger partial charge is 0.287 e. The van der Waals surface area contributed by atoms with Crippen LogP contribution in [0.4, 0.5) is 17.1 Å².